The number of aromatic nitrogens is 2. The Hall–Kier alpha value is -2.21. The van der Waals surface area contributed by atoms with E-state index in [0.717, 1.165) is 25.5 Å². The van der Waals surface area contributed by atoms with Crippen molar-refractivity contribution in [3.63, 3.8) is 0 Å². The van der Waals surface area contributed by atoms with Crippen LogP contribution in [0.25, 0.3) is 0 Å². The molecule has 1 atom stereocenters. The summed E-state index contributed by atoms with van der Waals surface area (Å²) in [5, 5.41) is 14.2. The fourth-order valence-corrected chi connectivity index (χ4v) is 2.74. The Balaban J connectivity index is 1.82. The summed E-state index contributed by atoms with van der Waals surface area (Å²) in [5.74, 6) is 0.185. The molecule has 1 aromatic heterocycles. The maximum absolute atomic E-state index is 11.0. The third-order valence-corrected chi connectivity index (χ3v) is 3.81. The summed E-state index contributed by atoms with van der Waals surface area (Å²) in [5.41, 5.74) is 2.45. The summed E-state index contributed by atoms with van der Waals surface area (Å²) in [4.78, 5) is 18.1. The molecule has 21 heavy (non-hydrogen) atoms. The molecule has 0 spiro atoms. The summed E-state index contributed by atoms with van der Waals surface area (Å²) in [6.07, 6.45) is 3.79. The van der Waals surface area contributed by atoms with Crippen molar-refractivity contribution < 1.29 is 4.92 Å². The second-order valence-electron chi connectivity index (χ2n) is 4.98. The number of hydrogen-bond acceptors (Lipinski definition) is 5. The summed E-state index contributed by atoms with van der Waals surface area (Å²) in [7, 11) is 0. The Bertz CT molecular complexity index is 692. The van der Waals surface area contributed by atoms with Crippen LogP contribution in [-0.2, 0) is 12.8 Å². The van der Waals surface area contributed by atoms with E-state index in [9.17, 15) is 10.1 Å². The van der Waals surface area contributed by atoms with Crippen LogP contribution in [0.3, 0.4) is 0 Å². The molecule has 108 valence electrons. The lowest BCUT2D eigenvalue weighted by molar-refractivity contribution is -0.384. The molecule has 1 aliphatic rings. The Labute approximate surface area is 126 Å². The highest BCUT2D eigenvalue weighted by atomic mass is 35.5. The third-order valence-electron chi connectivity index (χ3n) is 3.62. The normalized spacial score (nSPS) is 17.1. The summed E-state index contributed by atoms with van der Waals surface area (Å²) in [6, 6.07) is 8.34. The van der Waals surface area contributed by atoms with Crippen molar-refractivity contribution in [2.45, 2.75) is 25.3 Å². The van der Waals surface area contributed by atoms with Gasteiger partial charge in [0, 0.05) is 6.04 Å². The molecular formula is C14H13ClN4O2. The molecule has 7 heteroatoms. The number of anilines is 1. The van der Waals surface area contributed by atoms with Crippen molar-refractivity contribution in [1.29, 1.82) is 0 Å². The van der Waals surface area contributed by atoms with Crippen molar-refractivity contribution in [3.8, 4) is 0 Å². The van der Waals surface area contributed by atoms with Gasteiger partial charge >= 0.3 is 5.69 Å². The highest BCUT2D eigenvalue weighted by Crippen LogP contribution is 2.27. The van der Waals surface area contributed by atoms with Crippen LogP contribution in [0.4, 0.5) is 11.5 Å². The molecule has 1 N–H and O–H groups in total. The summed E-state index contributed by atoms with van der Waals surface area (Å²) < 4.78 is 0. The number of nitrogens with one attached hydrogen (secondary N) is 1. The smallest absolute Gasteiger partial charge is 0.329 e. The van der Waals surface area contributed by atoms with Gasteiger partial charge in [0.1, 0.15) is 6.20 Å². The largest absolute Gasteiger partial charge is 0.361 e. The quantitative estimate of drug-likeness (QED) is 0.535. The molecule has 1 aliphatic carbocycles. The highest BCUT2D eigenvalue weighted by molar-refractivity contribution is 6.28. The molecule has 0 saturated carbocycles. The molecule has 0 fully saturated rings. The summed E-state index contributed by atoms with van der Waals surface area (Å²) in [6.45, 7) is 0. The van der Waals surface area contributed by atoms with Crippen molar-refractivity contribution >= 4 is 23.1 Å². The SMILES string of the molecule is O=[N+]([O-])c1cnc(Cl)nc1NC1CCc2ccccc2C1. The topological polar surface area (TPSA) is 81.0 Å². The van der Waals surface area contributed by atoms with Crippen LogP contribution >= 0.6 is 11.6 Å². The predicted octanol–water partition coefficient (Wildman–Crippen LogP) is 3.01. The van der Waals surface area contributed by atoms with Crippen LogP contribution in [-0.4, -0.2) is 20.9 Å². The number of benzene rings is 1. The number of fused-ring (bicyclic) bond motifs is 1. The molecule has 0 radical (unpaired) electrons. The van der Waals surface area contributed by atoms with Crippen molar-refractivity contribution in [2.24, 2.45) is 0 Å². The van der Waals surface area contributed by atoms with E-state index < -0.39 is 4.92 Å². The number of hydrogen-bond donors (Lipinski definition) is 1. The van der Waals surface area contributed by atoms with Crippen LogP contribution in [0.15, 0.2) is 30.5 Å². The number of aryl methyl sites for hydroxylation is 1. The van der Waals surface area contributed by atoms with Gasteiger partial charge < -0.3 is 5.32 Å². The average molecular weight is 305 g/mol. The fraction of sp³-hybridized carbons (Fsp3) is 0.286. The first kappa shape index (κ1) is 13.8. The zero-order valence-electron chi connectivity index (χ0n) is 11.1. The van der Waals surface area contributed by atoms with Gasteiger partial charge in [-0.1, -0.05) is 24.3 Å². The van der Waals surface area contributed by atoms with Gasteiger partial charge in [0.25, 0.3) is 0 Å². The standard InChI is InChI=1S/C14H13ClN4O2/c15-14-16-8-12(19(20)21)13(18-14)17-11-6-5-9-3-1-2-4-10(9)7-11/h1-4,8,11H,5-7H2,(H,16,17,18). The minimum Gasteiger partial charge on any atom is -0.361 e. The first-order valence-electron chi connectivity index (χ1n) is 6.64. The Morgan fingerprint density at radius 2 is 2.10 bits per heavy atom. The molecule has 1 unspecified atom stereocenters. The first-order valence-corrected chi connectivity index (χ1v) is 7.01. The Morgan fingerprint density at radius 1 is 1.33 bits per heavy atom. The van der Waals surface area contributed by atoms with Gasteiger partial charge in [0.05, 0.1) is 4.92 Å². The first-order chi connectivity index (χ1) is 10.1. The van der Waals surface area contributed by atoms with E-state index in [1.54, 1.807) is 0 Å². The number of rotatable bonds is 3. The van der Waals surface area contributed by atoms with Crippen LogP contribution in [0, 0.1) is 10.1 Å². The second-order valence-corrected chi connectivity index (χ2v) is 5.32. The lowest BCUT2D eigenvalue weighted by Gasteiger charge is -2.25. The Kier molecular flexibility index (Phi) is 3.70. The second kappa shape index (κ2) is 5.65. The van der Waals surface area contributed by atoms with Crippen LogP contribution in [0.1, 0.15) is 17.5 Å². The molecule has 0 bridgehead atoms. The van der Waals surface area contributed by atoms with Crippen molar-refractivity contribution in [3.05, 3.63) is 57.0 Å². The van der Waals surface area contributed by atoms with Gasteiger partial charge in [-0.3, -0.25) is 10.1 Å². The molecule has 0 aliphatic heterocycles. The maximum atomic E-state index is 11.0. The maximum Gasteiger partial charge on any atom is 0.329 e. The van der Waals surface area contributed by atoms with E-state index >= 15 is 0 Å². The predicted molar refractivity (Wildman–Crippen MR) is 79.6 cm³/mol. The lowest BCUT2D eigenvalue weighted by atomic mass is 9.88. The fourth-order valence-electron chi connectivity index (χ4n) is 2.61. The number of nitro groups is 1. The van der Waals surface area contributed by atoms with Gasteiger partial charge in [-0.2, -0.15) is 4.98 Å². The lowest BCUT2D eigenvalue weighted by Crippen LogP contribution is -2.28. The monoisotopic (exact) mass is 304 g/mol. The van der Waals surface area contributed by atoms with Crippen molar-refractivity contribution in [2.75, 3.05) is 5.32 Å². The molecule has 0 saturated heterocycles. The van der Waals surface area contributed by atoms with Gasteiger partial charge in [0.15, 0.2) is 0 Å². The summed E-state index contributed by atoms with van der Waals surface area (Å²) >= 11 is 5.74. The molecule has 3 rings (SSSR count). The van der Waals surface area contributed by atoms with Gasteiger partial charge in [0.2, 0.25) is 11.1 Å². The minimum absolute atomic E-state index is 0.000639. The van der Waals surface area contributed by atoms with Gasteiger partial charge in [-0.15, -0.1) is 0 Å². The van der Waals surface area contributed by atoms with E-state index in [1.807, 2.05) is 12.1 Å². The number of nitrogens with zero attached hydrogens (tertiary/aromatic N) is 3. The van der Waals surface area contributed by atoms with Gasteiger partial charge in [-0.05, 0) is 42.0 Å². The number of halogens is 1. The zero-order chi connectivity index (χ0) is 14.8. The van der Waals surface area contributed by atoms with Crippen LogP contribution in [0.5, 0.6) is 0 Å². The molecule has 1 heterocycles. The van der Waals surface area contributed by atoms with Gasteiger partial charge in [-0.25, -0.2) is 4.98 Å². The third kappa shape index (κ3) is 2.95. The van der Waals surface area contributed by atoms with E-state index in [2.05, 4.69) is 27.4 Å². The molecule has 6 nitrogen and oxygen atoms in total. The average Bonchev–Trinajstić information content (AvgIpc) is 2.47. The molecular weight excluding hydrogens is 292 g/mol. The minimum atomic E-state index is -0.505. The van der Waals surface area contributed by atoms with Crippen LogP contribution in [0.2, 0.25) is 5.28 Å². The van der Waals surface area contributed by atoms with E-state index in [0.29, 0.717) is 0 Å². The molecule has 2 aromatic rings. The van der Waals surface area contributed by atoms with Crippen molar-refractivity contribution in [1.82, 2.24) is 9.97 Å². The van der Waals surface area contributed by atoms with E-state index in [1.165, 1.54) is 11.1 Å². The zero-order valence-corrected chi connectivity index (χ0v) is 11.9. The highest BCUT2D eigenvalue weighted by Gasteiger charge is 2.23. The molecule has 1 aromatic carbocycles. The van der Waals surface area contributed by atoms with E-state index in [4.69, 9.17) is 11.6 Å². The van der Waals surface area contributed by atoms with E-state index in [-0.39, 0.29) is 22.8 Å². The molecule has 0 amide bonds. The Morgan fingerprint density at radius 3 is 2.86 bits per heavy atom. The van der Waals surface area contributed by atoms with Crippen LogP contribution < -0.4 is 5.32 Å².